The molecular formula is C26H28F3N3O6. The Morgan fingerprint density at radius 3 is 2.42 bits per heavy atom. The second-order valence-corrected chi connectivity index (χ2v) is 9.82. The smallest absolute Gasteiger partial charge is 0.416 e. The lowest BCUT2D eigenvalue weighted by Crippen LogP contribution is -2.47. The summed E-state index contributed by atoms with van der Waals surface area (Å²) in [5.74, 6) is -0.893. The number of esters is 1. The standard InChI is InChI=1S/C26H28F3N3O6/c1-2-37-23(34)19-14-31(16-8-6-15(7-9-16)30-12-13-38-25(30)36)24(35)32(22(19)33)21-11-10-17-18(21)4-3-5-20(17)26(27,28)29/h3-5,14-16,21H,2,6-13H2,1H3/t15-,16-,21?. The number of benzene rings is 1. The summed E-state index contributed by atoms with van der Waals surface area (Å²) >= 11 is 0. The van der Waals surface area contributed by atoms with Gasteiger partial charge in [0.05, 0.1) is 24.8 Å². The zero-order valence-electron chi connectivity index (χ0n) is 20.8. The number of amides is 1. The molecule has 2 aromatic rings. The molecule has 1 aromatic heterocycles. The van der Waals surface area contributed by atoms with Crippen molar-refractivity contribution in [3.63, 3.8) is 0 Å². The van der Waals surface area contributed by atoms with Gasteiger partial charge >= 0.3 is 23.9 Å². The molecule has 0 spiro atoms. The summed E-state index contributed by atoms with van der Waals surface area (Å²) in [6.45, 7) is 2.44. The van der Waals surface area contributed by atoms with Crippen LogP contribution in [0.4, 0.5) is 18.0 Å². The van der Waals surface area contributed by atoms with E-state index in [1.165, 1.54) is 22.9 Å². The van der Waals surface area contributed by atoms with Crippen molar-refractivity contribution in [1.82, 2.24) is 14.0 Å². The first kappa shape index (κ1) is 26.1. The van der Waals surface area contributed by atoms with Crippen molar-refractivity contribution < 1.29 is 32.2 Å². The fraction of sp³-hybridized carbons (Fsp3) is 0.538. The van der Waals surface area contributed by atoms with E-state index >= 15 is 0 Å². The topological polar surface area (TPSA) is 99.8 Å². The SMILES string of the molecule is CCOC(=O)c1cn([C@H]2CC[C@H](N3CCOC3=O)CC2)c(=O)n(C2CCc3c2cccc3C(F)(F)F)c1=O. The van der Waals surface area contributed by atoms with Crippen molar-refractivity contribution in [2.24, 2.45) is 0 Å². The van der Waals surface area contributed by atoms with Gasteiger partial charge in [0.1, 0.15) is 12.2 Å². The van der Waals surface area contributed by atoms with Crippen LogP contribution >= 0.6 is 0 Å². The van der Waals surface area contributed by atoms with E-state index in [1.54, 1.807) is 11.8 Å². The van der Waals surface area contributed by atoms with Crippen LogP contribution in [0.1, 0.15) is 78.2 Å². The molecular weight excluding hydrogens is 507 g/mol. The van der Waals surface area contributed by atoms with Crippen molar-refractivity contribution in [3.05, 3.63) is 67.5 Å². The summed E-state index contributed by atoms with van der Waals surface area (Å²) in [7, 11) is 0. The number of cyclic esters (lactones) is 1. The molecule has 1 saturated carbocycles. The van der Waals surface area contributed by atoms with Crippen LogP contribution in [0.25, 0.3) is 0 Å². The normalized spacial score (nSPS) is 23.3. The van der Waals surface area contributed by atoms with Crippen LogP contribution in [0.3, 0.4) is 0 Å². The maximum atomic E-state index is 13.8. The van der Waals surface area contributed by atoms with Crippen molar-refractivity contribution in [3.8, 4) is 0 Å². The Balaban J connectivity index is 1.55. The number of aromatic nitrogens is 2. The first-order valence-corrected chi connectivity index (χ1v) is 12.8. The molecule has 204 valence electrons. The first-order valence-electron chi connectivity index (χ1n) is 12.8. The van der Waals surface area contributed by atoms with Gasteiger partial charge in [0.25, 0.3) is 5.56 Å². The molecule has 1 unspecified atom stereocenters. The molecule has 2 aliphatic carbocycles. The molecule has 2 fully saturated rings. The van der Waals surface area contributed by atoms with Gasteiger partial charge in [-0.3, -0.25) is 13.9 Å². The van der Waals surface area contributed by atoms with Crippen molar-refractivity contribution >= 4 is 12.1 Å². The summed E-state index contributed by atoms with van der Waals surface area (Å²) in [6.07, 6.45) is -1.34. The fourth-order valence-electron chi connectivity index (χ4n) is 6.03. The highest BCUT2D eigenvalue weighted by atomic mass is 19.4. The third kappa shape index (κ3) is 4.49. The lowest BCUT2D eigenvalue weighted by Gasteiger charge is -2.34. The maximum absolute atomic E-state index is 13.8. The van der Waals surface area contributed by atoms with Gasteiger partial charge in [-0.1, -0.05) is 12.1 Å². The number of ether oxygens (including phenoxy) is 2. The minimum absolute atomic E-state index is 0.00957. The monoisotopic (exact) mass is 535 g/mol. The number of hydrogen-bond acceptors (Lipinski definition) is 6. The van der Waals surface area contributed by atoms with Crippen LogP contribution in [0, 0.1) is 0 Å². The second kappa shape index (κ2) is 9.95. The number of fused-ring (bicyclic) bond motifs is 1. The Bertz CT molecular complexity index is 1370. The summed E-state index contributed by atoms with van der Waals surface area (Å²) in [5.41, 5.74) is -2.37. The van der Waals surface area contributed by atoms with Crippen LogP contribution < -0.4 is 11.2 Å². The van der Waals surface area contributed by atoms with E-state index in [2.05, 4.69) is 0 Å². The summed E-state index contributed by atoms with van der Waals surface area (Å²) in [4.78, 5) is 53.6. The summed E-state index contributed by atoms with van der Waals surface area (Å²) < 4.78 is 53.3. The van der Waals surface area contributed by atoms with Crippen molar-refractivity contribution in [2.45, 2.75) is 69.8 Å². The predicted molar refractivity (Wildman–Crippen MR) is 128 cm³/mol. The highest BCUT2D eigenvalue weighted by Gasteiger charge is 2.39. The Morgan fingerprint density at radius 2 is 1.79 bits per heavy atom. The van der Waals surface area contributed by atoms with E-state index in [1.807, 2.05) is 0 Å². The van der Waals surface area contributed by atoms with Gasteiger partial charge in [-0.05, 0) is 62.6 Å². The Kier molecular flexibility index (Phi) is 6.83. The van der Waals surface area contributed by atoms with Crippen LogP contribution in [-0.2, 0) is 22.1 Å². The molecule has 1 atom stereocenters. The van der Waals surface area contributed by atoms with E-state index < -0.39 is 35.0 Å². The van der Waals surface area contributed by atoms with Gasteiger partial charge in [0.2, 0.25) is 0 Å². The number of halogens is 3. The van der Waals surface area contributed by atoms with Gasteiger partial charge in [-0.15, -0.1) is 0 Å². The quantitative estimate of drug-likeness (QED) is 0.542. The molecule has 3 aliphatic rings. The minimum Gasteiger partial charge on any atom is -0.462 e. The maximum Gasteiger partial charge on any atom is 0.416 e. The molecule has 0 N–H and O–H groups in total. The zero-order chi connectivity index (χ0) is 27.2. The predicted octanol–water partition coefficient (Wildman–Crippen LogP) is 3.68. The van der Waals surface area contributed by atoms with Gasteiger partial charge in [0, 0.05) is 18.3 Å². The number of alkyl halides is 3. The molecule has 0 radical (unpaired) electrons. The Hall–Kier alpha value is -3.57. The second-order valence-electron chi connectivity index (χ2n) is 9.82. The average Bonchev–Trinajstić information content (AvgIpc) is 3.50. The van der Waals surface area contributed by atoms with Gasteiger partial charge < -0.3 is 14.4 Å². The van der Waals surface area contributed by atoms with Crippen LogP contribution in [-0.4, -0.2) is 51.9 Å². The van der Waals surface area contributed by atoms with Gasteiger partial charge in [-0.25, -0.2) is 14.4 Å². The Morgan fingerprint density at radius 1 is 1.08 bits per heavy atom. The van der Waals surface area contributed by atoms with Crippen LogP contribution in [0.2, 0.25) is 0 Å². The van der Waals surface area contributed by atoms with Gasteiger partial charge in [-0.2, -0.15) is 13.2 Å². The zero-order valence-corrected chi connectivity index (χ0v) is 20.8. The van der Waals surface area contributed by atoms with E-state index in [0.29, 0.717) is 38.8 Å². The fourth-order valence-corrected chi connectivity index (χ4v) is 6.03. The lowest BCUT2D eigenvalue weighted by molar-refractivity contribution is -0.138. The minimum atomic E-state index is -4.57. The molecule has 5 rings (SSSR count). The van der Waals surface area contributed by atoms with E-state index in [0.717, 1.165) is 10.6 Å². The summed E-state index contributed by atoms with van der Waals surface area (Å²) in [6, 6.07) is 2.42. The number of nitrogens with zero attached hydrogens (tertiary/aromatic N) is 3. The molecule has 1 aliphatic heterocycles. The first-order chi connectivity index (χ1) is 18.1. The summed E-state index contributed by atoms with van der Waals surface area (Å²) in [5, 5.41) is 0. The van der Waals surface area contributed by atoms with Crippen LogP contribution in [0.5, 0.6) is 0 Å². The lowest BCUT2D eigenvalue weighted by atomic mass is 9.90. The number of hydrogen-bond donors (Lipinski definition) is 0. The van der Waals surface area contributed by atoms with Crippen molar-refractivity contribution in [2.75, 3.05) is 19.8 Å². The largest absolute Gasteiger partial charge is 0.462 e. The molecule has 0 bridgehead atoms. The molecule has 38 heavy (non-hydrogen) atoms. The average molecular weight is 536 g/mol. The molecule has 9 nitrogen and oxygen atoms in total. The molecule has 12 heteroatoms. The number of rotatable bonds is 5. The third-order valence-electron chi connectivity index (χ3n) is 7.79. The van der Waals surface area contributed by atoms with E-state index in [4.69, 9.17) is 9.47 Å². The molecule has 1 saturated heterocycles. The van der Waals surface area contributed by atoms with Crippen molar-refractivity contribution in [1.29, 1.82) is 0 Å². The van der Waals surface area contributed by atoms with E-state index in [9.17, 15) is 32.3 Å². The van der Waals surface area contributed by atoms with Crippen LogP contribution in [0.15, 0.2) is 34.0 Å². The van der Waals surface area contributed by atoms with Gasteiger partial charge in [0.15, 0.2) is 0 Å². The highest BCUT2D eigenvalue weighted by Crippen LogP contribution is 2.41. The molecule has 1 aromatic carbocycles. The number of carbonyl (C=O) groups is 2. The molecule has 1 amide bonds. The molecule has 2 heterocycles. The number of carbonyl (C=O) groups excluding carboxylic acids is 2. The Labute approximate surface area is 215 Å². The van der Waals surface area contributed by atoms with E-state index in [-0.39, 0.29) is 54.3 Å². The highest BCUT2D eigenvalue weighted by molar-refractivity contribution is 5.88. The third-order valence-corrected chi connectivity index (χ3v) is 7.79.